The van der Waals surface area contributed by atoms with Gasteiger partial charge in [-0.1, -0.05) is 0 Å². The molecule has 1 atom stereocenters. The number of hydrogen-bond acceptors (Lipinski definition) is 4. The van der Waals surface area contributed by atoms with Crippen LogP contribution in [-0.4, -0.2) is 22.8 Å². The van der Waals surface area contributed by atoms with Crippen molar-refractivity contribution in [2.24, 2.45) is 0 Å². The van der Waals surface area contributed by atoms with E-state index in [9.17, 15) is 14.7 Å². The highest BCUT2D eigenvalue weighted by Crippen LogP contribution is 2.31. The Bertz CT molecular complexity index is 473. The molecule has 7 heteroatoms. The lowest BCUT2D eigenvalue weighted by Gasteiger charge is -2.21. The predicted octanol–water partition coefficient (Wildman–Crippen LogP) is 3.47. The number of alkyl carbamates (subject to hydrolysis) is 1. The maximum Gasteiger partial charge on any atom is 0.408 e. The van der Waals surface area contributed by atoms with Crippen molar-refractivity contribution in [2.75, 3.05) is 0 Å². The van der Waals surface area contributed by atoms with E-state index >= 15 is 0 Å². The molecule has 1 aromatic rings. The number of ether oxygens (including phenoxy) is 1. The van der Waals surface area contributed by atoms with Crippen LogP contribution >= 0.6 is 27.3 Å². The van der Waals surface area contributed by atoms with Crippen LogP contribution in [0.25, 0.3) is 0 Å². The number of carbonyl (C=O) groups is 2. The number of amides is 1. The zero-order valence-corrected chi connectivity index (χ0v) is 13.5. The lowest BCUT2D eigenvalue weighted by Crippen LogP contribution is -2.37. The molecule has 0 spiro atoms. The number of hydrogen-bond donors (Lipinski definition) is 2. The molecule has 19 heavy (non-hydrogen) atoms. The number of aliphatic carboxylic acids is 1. The Labute approximate surface area is 124 Å². The first-order valence-electron chi connectivity index (χ1n) is 5.58. The van der Waals surface area contributed by atoms with Gasteiger partial charge in [0.05, 0.1) is 0 Å². The average molecular weight is 350 g/mol. The van der Waals surface area contributed by atoms with Crippen molar-refractivity contribution in [1.29, 1.82) is 0 Å². The van der Waals surface area contributed by atoms with Gasteiger partial charge < -0.3 is 15.2 Å². The Morgan fingerprint density at radius 3 is 2.42 bits per heavy atom. The Balaban J connectivity index is 2.85. The first kappa shape index (κ1) is 16.0. The summed E-state index contributed by atoms with van der Waals surface area (Å²) in [6, 6.07) is 0.584. The summed E-state index contributed by atoms with van der Waals surface area (Å²) in [5.41, 5.74) is -0.668. The quantitative estimate of drug-likeness (QED) is 0.875. The number of aryl methyl sites for hydroxylation is 1. The molecule has 0 radical (unpaired) electrons. The molecule has 0 fully saturated rings. The van der Waals surface area contributed by atoms with Crippen molar-refractivity contribution in [3.63, 3.8) is 0 Å². The van der Waals surface area contributed by atoms with Crippen molar-refractivity contribution < 1.29 is 19.4 Å². The van der Waals surface area contributed by atoms with Gasteiger partial charge in [0.1, 0.15) is 5.60 Å². The monoisotopic (exact) mass is 349 g/mol. The average Bonchev–Trinajstić information content (AvgIpc) is 2.52. The van der Waals surface area contributed by atoms with Gasteiger partial charge in [-0.2, -0.15) is 0 Å². The first-order valence-corrected chi connectivity index (χ1v) is 7.19. The third-order valence-corrected chi connectivity index (χ3v) is 4.27. The molecule has 0 aliphatic rings. The highest BCUT2D eigenvalue weighted by atomic mass is 79.9. The van der Waals surface area contributed by atoms with E-state index < -0.39 is 23.7 Å². The van der Waals surface area contributed by atoms with Crippen LogP contribution in [0.15, 0.2) is 10.5 Å². The highest BCUT2D eigenvalue weighted by Gasteiger charge is 2.27. The van der Waals surface area contributed by atoms with Crippen LogP contribution in [0.1, 0.15) is 36.6 Å². The molecule has 0 aromatic carbocycles. The van der Waals surface area contributed by atoms with Gasteiger partial charge in [-0.15, -0.1) is 11.3 Å². The molecule has 1 heterocycles. The topological polar surface area (TPSA) is 75.6 Å². The Kier molecular flexibility index (Phi) is 4.98. The van der Waals surface area contributed by atoms with Gasteiger partial charge >= 0.3 is 12.1 Å². The number of carbonyl (C=O) groups excluding carboxylic acids is 1. The molecule has 106 valence electrons. The molecule has 0 bridgehead atoms. The SMILES string of the molecule is Cc1sc(C(NC(=O)OC(C)(C)C)C(=O)O)cc1Br. The molecule has 1 rings (SSSR count). The van der Waals surface area contributed by atoms with E-state index in [4.69, 9.17) is 4.74 Å². The van der Waals surface area contributed by atoms with Crippen LogP contribution in [-0.2, 0) is 9.53 Å². The van der Waals surface area contributed by atoms with Crippen LogP contribution < -0.4 is 5.32 Å². The normalized spacial score (nSPS) is 12.9. The number of halogens is 1. The summed E-state index contributed by atoms with van der Waals surface area (Å²) in [7, 11) is 0. The first-order chi connectivity index (χ1) is 8.60. The zero-order valence-electron chi connectivity index (χ0n) is 11.1. The molecule has 1 unspecified atom stereocenters. The number of nitrogens with one attached hydrogen (secondary N) is 1. The van der Waals surface area contributed by atoms with Gasteiger partial charge in [-0.05, 0) is 49.7 Å². The van der Waals surface area contributed by atoms with Crippen LogP contribution in [0, 0.1) is 6.92 Å². The standard InChI is InChI=1S/C12H16BrNO4S/c1-6-7(13)5-8(19-6)9(10(15)16)14-11(17)18-12(2,3)4/h5,9H,1-4H3,(H,14,17)(H,15,16). The van der Waals surface area contributed by atoms with Crippen LogP contribution in [0.5, 0.6) is 0 Å². The fourth-order valence-electron chi connectivity index (χ4n) is 1.30. The molecule has 1 amide bonds. The third kappa shape index (κ3) is 4.83. The van der Waals surface area contributed by atoms with Gasteiger partial charge in [0.2, 0.25) is 0 Å². The number of thiophene rings is 1. The lowest BCUT2D eigenvalue weighted by molar-refractivity contribution is -0.139. The van der Waals surface area contributed by atoms with E-state index in [0.29, 0.717) is 4.88 Å². The minimum Gasteiger partial charge on any atom is -0.479 e. The molecule has 0 aliphatic carbocycles. The van der Waals surface area contributed by atoms with E-state index in [1.165, 1.54) is 11.3 Å². The van der Waals surface area contributed by atoms with Gasteiger partial charge in [-0.3, -0.25) is 0 Å². The van der Waals surface area contributed by atoms with E-state index in [1.54, 1.807) is 26.8 Å². The number of rotatable bonds is 3. The summed E-state index contributed by atoms with van der Waals surface area (Å²) in [5, 5.41) is 11.6. The summed E-state index contributed by atoms with van der Waals surface area (Å²) >= 11 is 4.63. The number of carboxylic acid groups (broad SMARTS) is 1. The van der Waals surface area contributed by atoms with Crippen molar-refractivity contribution in [1.82, 2.24) is 5.32 Å². The fourth-order valence-corrected chi connectivity index (χ4v) is 2.91. The Hall–Kier alpha value is -1.08. The largest absolute Gasteiger partial charge is 0.479 e. The van der Waals surface area contributed by atoms with Gasteiger partial charge in [0, 0.05) is 14.2 Å². The summed E-state index contributed by atoms with van der Waals surface area (Å²) in [6.07, 6.45) is -0.748. The second-order valence-electron chi connectivity index (χ2n) is 4.97. The summed E-state index contributed by atoms with van der Waals surface area (Å²) in [5.74, 6) is -1.13. The molecule has 0 saturated carbocycles. The second-order valence-corrected chi connectivity index (χ2v) is 7.11. The van der Waals surface area contributed by atoms with Crippen LogP contribution in [0.4, 0.5) is 4.79 Å². The van der Waals surface area contributed by atoms with E-state index in [2.05, 4.69) is 21.2 Å². The molecule has 0 aliphatic heterocycles. The second kappa shape index (κ2) is 5.92. The Morgan fingerprint density at radius 2 is 2.05 bits per heavy atom. The highest BCUT2D eigenvalue weighted by molar-refractivity contribution is 9.10. The fraction of sp³-hybridized carbons (Fsp3) is 0.500. The maximum atomic E-state index is 11.6. The minimum absolute atomic E-state index is 0.544. The van der Waals surface area contributed by atoms with Gasteiger partial charge in [-0.25, -0.2) is 9.59 Å². The molecular formula is C12H16BrNO4S. The van der Waals surface area contributed by atoms with E-state index in [0.717, 1.165) is 9.35 Å². The number of carboxylic acids is 1. The predicted molar refractivity (Wildman–Crippen MR) is 76.5 cm³/mol. The van der Waals surface area contributed by atoms with Crippen molar-refractivity contribution in [3.8, 4) is 0 Å². The summed E-state index contributed by atoms with van der Waals surface area (Å²) in [6.45, 7) is 7.02. The van der Waals surface area contributed by atoms with Gasteiger partial charge in [0.15, 0.2) is 6.04 Å². The van der Waals surface area contributed by atoms with Crippen molar-refractivity contribution >= 4 is 39.3 Å². The molecule has 0 saturated heterocycles. The van der Waals surface area contributed by atoms with Crippen molar-refractivity contribution in [2.45, 2.75) is 39.3 Å². The summed E-state index contributed by atoms with van der Waals surface area (Å²) < 4.78 is 5.88. The lowest BCUT2D eigenvalue weighted by atomic mass is 10.2. The van der Waals surface area contributed by atoms with Gasteiger partial charge in [0.25, 0.3) is 0 Å². The molecule has 2 N–H and O–H groups in total. The Morgan fingerprint density at radius 1 is 1.47 bits per heavy atom. The summed E-state index contributed by atoms with van der Waals surface area (Å²) in [4.78, 5) is 24.4. The molecule has 1 aromatic heterocycles. The van der Waals surface area contributed by atoms with Crippen LogP contribution in [0.2, 0.25) is 0 Å². The minimum atomic E-state index is -1.13. The zero-order chi connectivity index (χ0) is 14.8. The van der Waals surface area contributed by atoms with Crippen LogP contribution in [0.3, 0.4) is 0 Å². The smallest absolute Gasteiger partial charge is 0.408 e. The van der Waals surface area contributed by atoms with E-state index in [-0.39, 0.29) is 0 Å². The van der Waals surface area contributed by atoms with E-state index in [1.807, 2.05) is 6.92 Å². The van der Waals surface area contributed by atoms with Crippen molar-refractivity contribution in [3.05, 3.63) is 20.3 Å². The molecule has 5 nitrogen and oxygen atoms in total. The maximum absolute atomic E-state index is 11.6. The molecular weight excluding hydrogens is 334 g/mol. The third-order valence-electron chi connectivity index (χ3n) is 2.07.